The second-order valence-electron chi connectivity index (χ2n) is 6.69. The largest absolute Gasteiger partial charge is 0.388 e. The molecule has 0 bridgehead atoms. The second kappa shape index (κ2) is 7.02. The van der Waals surface area contributed by atoms with Crippen molar-refractivity contribution in [1.29, 1.82) is 0 Å². The Hall–Kier alpha value is -2.49. The van der Waals surface area contributed by atoms with Crippen LogP contribution in [0.15, 0.2) is 24.5 Å². The highest BCUT2D eigenvalue weighted by atomic mass is 16.3. The number of hydrogen-bond acceptors (Lipinski definition) is 6. The first-order valence-corrected chi connectivity index (χ1v) is 8.47. The molecule has 2 aromatic rings. The number of nitrogens with zero attached hydrogens (tertiary/aromatic N) is 3. The zero-order valence-corrected chi connectivity index (χ0v) is 14.3. The van der Waals surface area contributed by atoms with Crippen molar-refractivity contribution in [3.63, 3.8) is 0 Å². The fourth-order valence-corrected chi connectivity index (χ4v) is 3.29. The third-order valence-electron chi connectivity index (χ3n) is 4.87. The summed E-state index contributed by atoms with van der Waals surface area (Å²) in [5.74, 6) is -0.684. The van der Waals surface area contributed by atoms with Crippen LogP contribution in [0.3, 0.4) is 0 Å². The Labute approximate surface area is 150 Å². The standard InChI is InChI=1S/C17H23N5O4/c18-4-1-14(24)21-6-3-17(26,13(23)9-21)10-22-5-2-11-7-12(15(19)25)8-20-16(11)22/h2,5,7-8,13,23,26H,1,3-4,6,9-10,18H2,(H2,19,25)/t13-,17-/m1/s1. The molecule has 3 heterocycles. The van der Waals surface area contributed by atoms with Gasteiger partial charge in [-0.1, -0.05) is 0 Å². The number of piperidine rings is 1. The van der Waals surface area contributed by atoms with Crippen molar-refractivity contribution in [3.05, 3.63) is 30.1 Å². The van der Waals surface area contributed by atoms with Crippen LogP contribution in [-0.2, 0) is 11.3 Å². The molecule has 0 spiro atoms. The van der Waals surface area contributed by atoms with Crippen LogP contribution in [0.1, 0.15) is 23.2 Å². The van der Waals surface area contributed by atoms with E-state index in [0.29, 0.717) is 17.8 Å². The summed E-state index contributed by atoms with van der Waals surface area (Å²) in [6.45, 7) is 0.794. The maximum absolute atomic E-state index is 11.9. The summed E-state index contributed by atoms with van der Waals surface area (Å²) in [5, 5.41) is 22.1. The number of nitrogens with two attached hydrogens (primary N) is 2. The van der Waals surface area contributed by atoms with Crippen LogP contribution in [-0.4, -0.2) is 67.8 Å². The van der Waals surface area contributed by atoms with E-state index in [4.69, 9.17) is 11.5 Å². The van der Waals surface area contributed by atoms with Gasteiger partial charge in [-0.15, -0.1) is 0 Å². The topological polar surface area (TPSA) is 148 Å². The van der Waals surface area contributed by atoms with Gasteiger partial charge in [0.15, 0.2) is 0 Å². The van der Waals surface area contributed by atoms with Gasteiger partial charge in [0.2, 0.25) is 11.8 Å². The highest BCUT2D eigenvalue weighted by Gasteiger charge is 2.42. The van der Waals surface area contributed by atoms with Crippen molar-refractivity contribution in [2.45, 2.75) is 31.1 Å². The zero-order chi connectivity index (χ0) is 18.9. The highest BCUT2D eigenvalue weighted by molar-refractivity contribution is 5.95. The Kier molecular flexibility index (Phi) is 4.94. The quantitative estimate of drug-likeness (QED) is 0.526. The lowest BCUT2D eigenvalue weighted by Crippen LogP contribution is -2.58. The van der Waals surface area contributed by atoms with Gasteiger partial charge in [-0.2, -0.15) is 0 Å². The van der Waals surface area contributed by atoms with Crippen LogP contribution in [0.5, 0.6) is 0 Å². The molecule has 1 aliphatic heterocycles. The number of aliphatic hydroxyl groups excluding tert-OH is 1. The minimum absolute atomic E-state index is 0.0633. The predicted octanol–water partition coefficient (Wildman–Crippen LogP) is -1.19. The molecule has 0 unspecified atom stereocenters. The molecule has 3 rings (SSSR count). The maximum atomic E-state index is 11.9. The smallest absolute Gasteiger partial charge is 0.250 e. The van der Waals surface area contributed by atoms with E-state index in [1.807, 2.05) is 0 Å². The summed E-state index contributed by atoms with van der Waals surface area (Å²) in [4.78, 5) is 29.0. The van der Waals surface area contributed by atoms with Crippen LogP contribution in [0, 0.1) is 0 Å². The third kappa shape index (κ3) is 3.41. The van der Waals surface area contributed by atoms with Crippen LogP contribution in [0.4, 0.5) is 0 Å². The van der Waals surface area contributed by atoms with E-state index in [2.05, 4.69) is 4.98 Å². The second-order valence-corrected chi connectivity index (χ2v) is 6.69. The monoisotopic (exact) mass is 361 g/mol. The summed E-state index contributed by atoms with van der Waals surface area (Å²) >= 11 is 0. The molecule has 0 saturated carbocycles. The Morgan fingerprint density at radius 1 is 1.42 bits per heavy atom. The minimum atomic E-state index is -1.38. The number of carbonyl (C=O) groups excluding carboxylic acids is 2. The van der Waals surface area contributed by atoms with Crippen LogP contribution in [0.25, 0.3) is 11.0 Å². The molecule has 9 nitrogen and oxygen atoms in total. The van der Waals surface area contributed by atoms with Gasteiger partial charge in [-0.25, -0.2) is 4.98 Å². The van der Waals surface area contributed by atoms with E-state index >= 15 is 0 Å². The van der Waals surface area contributed by atoms with E-state index < -0.39 is 17.6 Å². The molecule has 9 heteroatoms. The van der Waals surface area contributed by atoms with Gasteiger partial charge in [0.05, 0.1) is 12.1 Å². The highest BCUT2D eigenvalue weighted by Crippen LogP contribution is 2.27. The SMILES string of the molecule is NCCC(=O)N1CC[C@@](O)(Cn2ccc3cc(C(N)=O)cnc32)[C@H](O)C1. The molecule has 2 aromatic heterocycles. The number of pyridine rings is 1. The fourth-order valence-electron chi connectivity index (χ4n) is 3.29. The van der Waals surface area contributed by atoms with Gasteiger partial charge in [0, 0.05) is 43.8 Å². The number of β-amino-alcohol motifs (C(OH)–C–C–N with tert-alkyl or cyclic N) is 1. The van der Waals surface area contributed by atoms with Crippen LogP contribution in [0.2, 0.25) is 0 Å². The number of carbonyl (C=O) groups is 2. The summed E-state index contributed by atoms with van der Waals surface area (Å²) < 4.78 is 1.72. The molecule has 1 fully saturated rings. The van der Waals surface area contributed by atoms with Crippen LogP contribution >= 0.6 is 0 Å². The van der Waals surface area contributed by atoms with Gasteiger partial charge in [-0.3, -0.25) is 9.59 Å². The minimum Gasteiger partial charge on any atom is -0.388 e. The lowest BCUT2D eigenvalue weighted by molar-refractivity contribution is -0.151. The van der Waals surface area contributed by atoms with Crippen molar-refractivity contribution >= 4 is 22.8 Å². The zero-order valence-electron chi connectivity index (χ0n) is 14.3. The Balaban J connectivity index is 1.77. The Morgan fingerprint density at radius 3 is 2.85 bits per heavy atom. The number of fused-ring (bicyclic) bond motifs is 1. The number of aromatic nitrogens is 2. The molecule has 26 heavy (non-hydrogen) atoms. The Bertz CT molecular complexity index is 836. The molecule has 140 valence electrons. The molecular weight excluding hydrogens is 338 g/mol. The van der Waals surface area contributed by atoms with Crippen molar-refractivity contribution in [1.82, 2.24) is 14.5 Å². The number of rotatable bonds is 5. The average molecular weight is 361 g/mol. The maximum Gasteiger partial charge on any atom is 0.250 e. The number of aliphatic hydroxyl groups is 2. The van der Waals surface area contributed by atoms with Crippen molar-refractivity contribution in [2.75, 3.05) is 19.6 Å². The van der Waals surface area contributed by atoms with E-state index in [1.165, 1.54) is 11.1 Å². The summed E-state index contributed by atoms with van der Waals surface area (Å²) in [6, 6.07) is 3.40. The lowest BCUT2D eigenvalue weighted by atomic mass is 9.88. The number of amides is 2. The van der Waals surface area contributed by atoms with E-state index in [0.717, 1.165) is 5.39 Å². The van der Waals surface area contributed by atoms with Gasteiger partial charge >= 0.3 is 0 Å². The van der Waals surface area contributed by atoms with Gasteiger partial charge in [-0.05, 0) is 18.6 Å². The normalized spacial score (nSPS) is 23.3. The van der Waals surface area contributed by atoms with E-state index in [1.54, 1.807) is 22.9 Å². The van der Waals surface area contributed by atoms with Gasteiger partial charge in [0.1, 0.15) is 17.4 Å². The molecule has 2 atom stereocenters. The summed E-state index contributed by atoms with van der Waals surface area (Å²) in [6.07, 6.45) is 2.50. The molecular formula is C17H23N5O4. The summed E-state index contributed by atoms with van der Waals surface area (Å²) in [7, 11) is 0. The average Bonchev–Trinajstić information content (AvgIpc) is 2.99. The van der Waals surface area contributed by atoms with E-state index in [-0.39, 0.29) is 38.4 Å². The third-order valence-corrected chi connectivity index (χ3v) is 4.87. The first kappa shape index (κ1) is 18.3. The molecule has 0 aliphatic carbocycles. The van der Waals surface area contributed by atoms with Crippen LogP contribution < -0.4 is 11.5 Å². The van der Waals surface area contributed by atoms with Crippen molar-refractivity contribution < 1.29 is 19.8 Å². The van der Waals surface area contributed by atoms with Gasteiger partial charge in [0.25, 0.3) is 0 Å². The first-order chi connectivity index (χ1) is 12.3. The molecule has 0 aromatic carbocycles. The first-order valence-electron chi connectivity index (χ1n) is 8.47. The lowest BCUT2D eigenvalue weighted by Gasteiger charge is -2.42. The molecule has 1 aliphatic rings. The number of likely N-dealkylation sites (tertiary alicyclic amines) is 1. The molecule has 6 N–H and O–H groups in total. The number of hydrogen-bond donors (Lipinski definition) is 4. The van der Waals surface area contributed by atoms with E-state index in [9.17, 15) is 19.8 Å². The summed E-state index contributed by atoms with van der Waals surface area (Å²) in [5.41, 5.74) is 10.2. The fraction of sp³-hybridized carbons (Fsp3) is 0.471. The number of primary amides is 1. The molecule has 0 radical (unpaired) electrons. The Morgan fingerprint density at radius 2 is 2.19 bits per heavy atom. The van der Waals surface area contributed by atoms with Crippen molar-refractivity contribution in [2.24, 2.45) is 11.5 Å². The molecule has 1 saturated heterocycles. The van der Waals surface area contributed by atoms with Crippen molar-refractivity contribution in [3.8, 4) is 0 Å². The van der Waals surface area contributed by atoms with Gasteiger partial charge < -0.3 is 31.1 Å². The molecule has 2 amide bonds. The predicted molar refractivity (Wildman–Crippen MR) is 94.1 cm³/mol.